The van der Waals surface area contributed by atoms with Gasteiger partial charge >= 0.3 is 5.97 Å². The zero-order valence-electron chi connectivity index (χ0n) is 12.3. The van der Waals surface area contributed by atoms with E-state index in [1.165, 1.54) is 6.26 Å². The Bertz CT molecular complexity index is 523. The van der Waals surface area contributed by atoms with Crippen LogP contribution in [0.25, 0.3) is 0 Å². The Morgan fingerprint density at radius 1 is 1.24 bits per heavy atom. The summed E-state index contributed by atoms with van der Waals surface area (Å²) in [6, 6.07) is 0. The predicted molar refractivity (Wildman–Crippen MR) is 77.5 cm³/mol. The quantitative estimate of drug-likeness (QED) is 0.755. The standard InChI is InChI=1S/C14H23NO5S/c1-21(19,20)9-14(5-6-14)8-15-12(16)10-3-2-4-11(7-10)13(17)18/h10-11H,2-9H2,1H3,(H,15,16)(H,17,18). The molecule has 0 spiro atoms. The summed E-state index contributed by atoms with van der Waals surface area (Å²) in [5, 5.41) is 11.9. The second-order valence-electron chi connectivity index (χ2n) is 6.69. The van der Waals surface area contributed by atoms with Gasteiger partial charge in [-0.2, -0.15) is 0 Å². The monoisotopic (exact) mass is 317 g/mol. The third kappa shape index (κ3) is 4.69. The van der Waals surface area contributed by atoms with Gasteiger partial charge in [0, 0.05) is 24.1 Å². The number of hydrogen-bond acceptors (Lipinski definition) is 4. The molecule has 2 atom stereocenters. The minimum atomic E-state index is -3.04. The number of rotatable bonds is 6. The van der Waals surface area contributed by atoms with Crippen LogP contribution < -0.4 is 5.32 Å². The molecule has 0 aromatic carbocycles. The van der Waals surface area contributed by atoms with Crippen LogP contribution in [0.2, 0.25) is 0 Å². The molecule has 0 aromatic heterocycles. The lowest BCUT2D eigenvalue weighted by atomic mass is 9.81. The molecule has 1 amide bonds. The van der Waals surface area contributed by atoms with Crippen molar-refractivity contribution in [2.75, 3.05) is 18.6 Å². The highest BCUT2D eigenvalue weighted by molar-refractivity contribution is 7.90. The van der Waals surface area contributed by atoms with Crippen LogP contribution in [0, 0.1) is 17.3 Å². The summed E-state index contributed by atoms with van der Waals surface area (Å²) in [7, 11) is -3.04. The van der Waals surface area contributed by atoms with Gasteiger partial charge in [-0.1, -0.05) is 6.42 Å². The summed E-state index contributed by atoms with van der Waals surface area (Å²) in [5.41, 5.74) is -0.288. The van der Waals surface area contributed by atoms with Gasteiger partial charge in [-0.05, 0) is 32.1 Å². The van der Waals surface area contributed by atoms with Crippen molar-refractivity contribution >= 4 is 21.7 Å². The number of carbonyl (C=O) groups is 2. The van der Waals surface area contributed by atoms with Gasteiger partial charge in [0.15, 0.2) is 0 Å². The summed E-state index contributed by atoms with van der Waals surface area (Å²) in [5.74, 6) is -1.53. The first-order valence-electron chi connectivity index (χ1n) is 7.39. The Balaban J connectivity index is 1.83. The summed E-state index contributed by atoms with van der Waals surface area (Å²) < 4.78 is 22.7. The minimum absolute atomic E-state index is 0.114. The van der Waals surface area contributed by atoms with Crippen LogP contribution in [0.1, 0.15) is 38.5 Å². The highest BCUT2D eigenvalue weighted by atomic mass is 32.2. The Hall–Kier alpha value is -1.11. The molecule has 2 aliphatic carbocycles. The van der Waals surface area contributed by atoms with Gasteiger partial charge in [-0.3, -0.25) is 9.59 Å². The van der Waals surface area contributed by atoms with Gasteiger partial charge in [0.1, 0.15) is 9.84 Å². The molecular weight excluding hydrogens is 294 g/mol. The highest BCUT2D eigenvalue weighted by Crippen LogP contribution is 2.46. The molecule has 2 N–H and O–H groups in total. The van der Waals surface area contributed by atoms with E-state index in [9.17, 15) is 18.0 Å². The van der Waals surface area contributed by atoms with Crippen LogP contribution in [-0.4, -0.2) is 44.0 Å². The van der Waals surface area contributed by atoms with Crippen LogP contribution in [0.4, 0.5) is 0 Å². The highest BCUT2D eigenvalue weighted by Gasteiger charge is 2.45. The van der Waals surface area contributed by atoms with E-state index in [2.05, 4.69) is 5.32 Å². The van der Waals surface area contributed by atoms with Crippen molar-refractivity contribution in [3.05, 3.63) is 0 Å². The van der Waals surface area contributed by atoms with Crippen molar-refractivity contribution in [2.24, 2.45) is 17.3 Å². The Kier molecular flexibility index (Phi) is 4.60. The first kappa shape index (κ1) is 16.3. The molecule has 2 unspecified atom stereocenters. The van der Waals surface area contributed by atoms with Crippen molar-refractivity contribution in [1.82, 2.24) is 5.32 Å². The molecule has 7 heteroatoms. The molecule has 2 rings (SSSR count). The molecular formula is C14H23NO5S. The van der Waals surface area contributed by atoms with Crippen molar-refractivity contribution in [3.8, 4) is 0 Å². The van der Waals surface area contributed by atoms with E-state index in [1.54, 1.807) is 0 Å². The topological polar surface area (TPSA) is 101 Å². The zero-order valence-corrected chi connectivity index (χ0v) is 13.1. The Morgan fingerprint density at radius 2 is 1.86 bits per heavy atom. The van der Waals surface area contributed by atoms with Crippen LogP contribution in [0.15, 0.2) is 0 Å². The lowest BCUT2D eigenvalue weighted by Crippen LogP contribution is -2.39. The average Bonchev–Trinajstić information content (AvgIpc) is 3.14. The van der Waals surface area contributed by atoms with Crippen LogP contribution in [0.3, 0.4) is 0 Å². The summed E-state index contributed by atoms with van der Waals surface area (Å²) in [6.07, 6.45) is 5.36. The van der Waals surface area contributed by atoms with Crippen molar-refractivity contribution in [2.45, 2.75) is 38.5 Å². The lowest BCUT2D eigenvalue weighted by Gasteiger charge is -2.26. The van der Waals surface area contributed by atoms with E-state index in [4.69, 9.17) is 5.11 Å². The molecule has 0 aromatic rings. The molecule has 2 aliphatic rings. The van der Waals surface area contributed by atoms with Gasteiger partial charge in [-0.25, -0.2) is 8.42 Å². The van der Waals surface area contributed by atoms with E-state index >= 15 is 0 Å². The minimum Gasteiger partial charge on any atom is -0.481 e. The van der Waals surface area contributed by atoms with E-state index in [0.29, 0.717) is 25.8 Å². The third-order valence-corrected chi connectivity index (χ3v) is 5.69. The van der Waals surface area contributed by atoms with Gasteiger partial charge in [0.05, 0.1) is 11.7 Å². The molecule has 0 radical (unpaired) electrons. The number of carbonyl (C=O) groups excluding carboxylic acids is 1. The second-order valence-corrected chi connectivity index (χ2v) is 8.83. The second kappa shape index (κ2) is 5.94. The summed E-state index contributed by atoms with van der Waals surface area (Å²) in [4.78, 5) is 23.2. The predicted octanol–water partition coefficient (Wildman–Crippen LogP) is 0.818. The van der Waals surface area contributed by atoms with E-state index < -0.39 is 21.7 Å². The fraction of sp³-hybridized carbons (Fsp3) is 0.857. The van der Waals surface area contributed by atoms with Crippen molar-refractivity contribution in [1.29, 1.82) is 0 Å². The van der Waals surface area contributed by atoms with Crippen LogP contribution in [-0.2, 0) is 19.4 Å². The van der Waals surface area contributed by atoms with E-state index in [0.717, 1.165) is 19.3 Å². The summed E-state index contributed by atoms with van der Waals surface area (Å²) in [6.45, 7) is 0.382. The first-order valence-corrected chi connectivity index (χ1v) is 9.45. The number of sulfone groups is 1. The average molecular weight is 317 g/mol. The Labute approximate surface area is 125 Å². The molecule has 0 heterocycles. The van der Waals surface area contributed by atoms with Crippen LogP contribution in [0.5, 0.6) is 0 Å². The lowest BCUT2D eigenvalue weighted by molar-refractivity contribution is -0.144. The zero-order chi connectivity index (χ0) is 15.7. The maximum Gasteiger partial charge on any atom is 0.306 e. The Morgan fingerprint density at radius 3 is 2.38 bits per heavy atom. The molecule has 0 aliphatic heterocycles. The van der Waals surface area contributed by atoms with E-state index in [-0.39, 0.29) is 23.0 Å². The number of carboxylic acid groups (broad SMARTS) is 1. The van der Waals surface area contributed by atoms with Gasteiger partial charge < -0.3 is 10.4 Å². The number of carboxylic acids is 1. The van der Waals surface area contributed by atoms with Crippen molar-refractivity contribution in [3.63, 3.8) is 0 Å². The summed E-state index contributed by atoms with van der Waals surface area (Å²) >= 11 is 0. The molecule has 120 valence electrons. The van der Waals surface area contributed by atoms with Gasteiger partial charge in [0.2, 0.25) is 5.91 Å². The maximum atomic E-state index is 12.2. The van der Waals surface area contributed by atoms with Crippen molar-refractivity contribution < 1.29 is 23.1 Å². The SMILES string of the molecule is CS(=O)(=O)CC1(CNC(=O)C2CCCC(C(=O)O)C2)CC1. The molecule has 6 nitrogen and oxygen atoms in total. The number of nitrogens with one attached hydrogen (secondary N) is 1. The fourth-order valence-corrected chi connectivity index (χ4v) is 4.68. The molecule has 0 bridgehead atoms. The third-order valence-electron chi connectivity index (χ3n) is 4.56. The fourth-order valence-electron chi connectivity index (χ4n) is 3.18. The number of amides is 1. The number of hydrogen-bond donors (Lipinski definition) is 2. The van der Waals surface area contributed by atoms with E-state index in [1.807, 2.05) is 0 Å². The molecule has 0 saturated heterocycles. The molecule has 21 heavy (non-hydrogen) atoms. The molecule has 2 saturated carbocycles. The number of aliphatic carboxylic acids is 1. The normalized spacial score (nSPS) is 27.9. The van der Waals surface area contributed by atoms with Crippen LogP contribution >= 0.6 is 0 Å². The maximum absolute atomic E-state index is 12.2. The molecule has 2 fully saturated rings. The first-order chi connectivity index (χ1) is 9.71. The smallest absolute Gasteiger partial charge is 0.306 e. The largest absolute Gasteiger partial charge is 0.481 e. The van der Waals surface area contributed by atoms with Gasteiger partial charge in [0.25, 0.3) is 0 Å². The van der Waals surface area contributed by atoms with Gasteiger partial charge in [-0.15, -0.1) is 0 Å².